The van der Waals surface area contributed by atoms with E-state index in [1.165, 1.54) is 0 Å². The summed E-state index contributed by atoms with van der Waals surface area (Å²) in [6.45, 7) is 0.405. The first-order valence-electron chi connectivity index (χ1n) is 4.76. The fourth-order valence-corrected chi connectivity index (χ4v) is 2.37. The van der Waals surface area contributed by atoms with E-state index in [2.05, 4.69) is 31.3 Å². The molecule has 0 saturated heterocycles. The van der Waals surface area contributed by atoms with Gasteiger partial charge in [-0.3, -0.25) is 9.67 Å². The maximum atomic E-state index is 14.0. The van der Waals surface area contributed by atoms with Crippen LogP contribution in [0, 0.1) is 5.82 Å². The molecular formula is C10H8BrFN4. The molecule has 0 bridgehead atoms. The van der Waals surface area contributed by atoms with Gasteiger partial charge in [-0.2, -0.15) is 5.10 Å². The van der Waals surface area contributed by atoms with Crippen LogP contribution >= 0.6 is 15.9 Å². The molecule has 0 spiro atoms. The van der Waals surface area contributed by atoms with Crippen molar-refractivity contribution in [2.75, 3.05) is 12.0 Å². The summed E-state index contributed by atoms with van der Waals surface area (Å²) in [7, 11) is 1.81. The Balaban J connectivity index is 2.51. The number of aryl methyl sites for hydroxylation is 1. The van der Waals surface area contributed by atoms with Crippen molar-refractivity contribution in [2.45, 2.75) is 0 Å². The van der Waals surface area contributed by atoms with E-state index in [0.29, 0.717) is 22.3 Å². The zero-order chi connectivity index (χ0) is 11.3. The first kappa shape index (κ1) is 9.77. The second kappa shape index (κ2) is 3.28. The van der Waals surface area contributed by atoms with Gasteiger partial charge in [-0.05, 0) is 15.9 Å². The van der Waals surface area contributed by atoms with Gasteiger partial charge >= 0.3 is 0 Å². The van der Waals surface area contributed by atoms with E-state index in [0.717, 1.165) is 10.9 Å². The van der Waals surface area contributed by atoms with E-state index in [1.807, 2.05) is 13.2 Å². The van der Waals surface area contributed by atoms with Crippen LogP contribution in [-0.4, -0.2) is 22.7 Å². The highest BCUT2D eigenvalue weighted by Crippen LogP contribution is 2.35. The molecule has 0 saturated carbocycles. The minimum Gasteiger partial charge on any atom is -0.363 e. The number of nitrogens with one attached hydrogen (secondary N) is 1. The SMILES string of the molecule is Cn1cc2c3c(c(F)c(Br)c2n1)NCN=C3. The fourth-order valence-electron chi connectivity index (χ4n) is 1.88. The van der Waals surface area contributed by atoms with E-state index in [9.17, 15) is 4.39 Å². The van der Waals surface area contributed by atoms with Gasteiger partial charge in [-0.1, -0.05) is 0 Å². The summed E-state index contributed by atoms with van der Waals surface area (Å²) < 4.78 is 16.1. The van der Waals surface area contributed by atoms with Crippen molar-refractivity contribution < 1.29 is 4.39 Å². The summed E-state index contributed by atoms with van der Waals surface area (Å²) in [5, 5.41) is 8.05. The molecule has 1 aromatic carbocycles. The first-order chi connectivity index (χ1) is 7.68. The summed E-state index contributed by atoms with van der Waals surface area (Å²) >= 11 is 3.24. The van der Waals surface area contributed by atoms with Crippen LogP contribution in [0.1, 0.15) is 5.56 Å². The number of aliphatic imine (C=N–C) groups is 1. The first-order valence-corrected chi connectivity index (χ1v) is 5.56. The van der Waals surface area contributed by atoms with Crippen molar-refractivity contribution in [3.63, 3.8) is 0 Å². The third kappa shape index (κ3) is 1.19. The van der Waals surface area contributed by atoms with Gasteiger partial charge in [0.2, 0.25) is 0 Å². The summed E-state index contributed by atoms with van der Waals surface area (Å²) in [6, 6.07) is 0. The Hall–Kier alpha value is -1.43. The maximum absolute atomic E-state index is 14.0. The Labute approximate surface area is 99.3 Å². The zero-order valence-electron chi connectivity index (χ0n) is 8.46. The van der Waals surface area contributed by atoms with Crippen LogP contribution in [0.25, 0.3) is 10.9 Å². The largest absolute Gasteiger partial charge is 0.363 e. The summed E-state index contributed by atoms with van der Waals surface area (Å²) in [5.41, 5.74) is 1.87. The summed E-state index contributed by atoms with van der Waals surface area (Å²) in [6.07, 6.45) is 3.54. The van der Waals surface area contributed by atoms with Gasteiger partial charge in [0.25, 0.3) is 0 Å². The third-order valence-electron chi connectivity index (χ3n) is 2.58. The van der Waals surface area contributed by atoms with Crippen molar-refractivity contribution in [1.29, 1.82) is 0 Å². The molecule has 2 heterocycles. The topological polar surface area (TPSA) is 42.2 Å². The van der Waals surface area contributed by atoms with E-state index < -0.39 is 0 Å². The number of halogens is 2. The molecule has 82 valence electrons. The lowest BCUT2D eigenvalue weighted by Gasteiger charge is -2.14. The Morgan fingerprint density at radius 3 is 3.19 bits per heavy atom. The average Bonchev–Trinajstić information content (AvgIpc) is 2.68. The van der Waals surface area contributed by atoms with E-state index in [1.54, 1.807) is 10.9 Å². The third-order valence-corrected chi connectivity index (χ3v) is 3.30. The molecule has 2 aromatic rings. The molecule has 1 N–H and O–H groups in total. The Morgan fingerprint density at radius 1 is 1.56 bits per heavy atom. The van der Waals surface area contributed by atoms with Gasteiger partial charge in [0.15, 0.2) is 5.82 Å². The molecule has 1 aromatic heterocycles. The molecule has 0 fully saturated rings. The number of hydrogen-bond donors (Lipinski definition) is 1. The monoisotopic (exact) mass is 282 g/mol. The highest BCUT2D eigenvalue weighted by atomic mass is 79.9. The van der Waals surface area contributed by atoms with Gasteiger partial charge in [0.1, 0.15) is 12.2 Å². The van der Waals surface area contributed by atoms with Crippen molar-refractivity contribution >= 4 is 38.7 Å². The Kier molecular flexibility index (Phi) is 2.00. The van der Waals surface area contributed by atoms with Crippen LogP contribution in [-0.2, 0) is 7.05 Å². The number of hydrogen-bond acceptors (Lipinski definition) is 3. The molecule has 1 aliphatic rings. The molecule has 0 amide bonds. The Morgan fingerprint density at radius 2 is 2.38 bits per heavy atom. The van der Waals surface area contributed by atoms with Crippen LogP contribution in [0.15, 0.2) is 15.7 Å². The lowest BCUT2D eigenvalue weighted by atomic mass is 10.1. The van der Waals surface area contributed by atoms with Crippen LogP contribution < -0.4 is 5.32 Å². The van der Waals surface area contributed by atoms with Crippen LogP contribution in [0.2, 0.25) is 0 Å². The lowest BCUT2D eigenvalue weighted by Crippen LogP contribution is -2.10. The van der Waals surface area contributed by atoms with E-state index in [-0.39, 0.29) is 5.82 Å². The Bertz CT molecular complexity index is 617. The van der Waals surface area contributed by atoms with Gasteiger partial charge < -0.3 is 5.32 Å². The molecule has 0 aliphatic carbocycles. The van der Waals surface area contributed by atoms with E-state index in [4.69, 9.17) is 0 Å². The second-order valence-corrected chi connectivity index (χ2v) is 4.42. The van der Waals surface area contributed by atoms with Gasteiger partial charge in [0, 0.05) is 30.4 Å². The number of fused-ring (bicyclic) bond motifs is 3. The second-order valence-electron chi connectivity index (χ2n) is 3.63. The molecule has 0 radical (unpaired) electrons. The van der Waals surface area contributed by atoms with Crippen molar-refractivity contribution in [2.24, 2.45) is 12.0 Å². The number of nitrogens with zero attached hydrogens (tertiary/aromatic N) is 3. The molecule has 16 heavy (non-hydrogen) atoms. The molecule has 4 nitrogen and oxygen atoms in total. The minimum absolute atomic E-state index is 0.313. The number of aromatic nitrogens is 2. The van der Waals surface area contributed by atoms with Crippen molar-refractivity contribution in [1.82, 2.24) is 9.78 Å². The van der Waals surface area contributed by atoms with Gasteiger partial charge in [-0.15, -0.1) is 0 Å². The van der Waals surface area contributed by atoms with E-state index >= 15 is 0 Å². The quantitative estimate of drug-likeness (QED) is 0.806. The maximum Gasteiger partial charge on any atom is 0.163 e. The summed E-state index contributed by atoms with van der Waals surface area (Å²) in [4.78, 5) is 4.09. The highest BCUT2D eigenvalue weighted by Gasteiger charge is 2.20. The lowest BCUT2D eigenvalue weighted by molar-refractivity contribution is 0.624. The predicted octanol–water partition coefficient (Wildman–Crippen LogP) is 2.28. The highest BCUT2D eigenvalue weighted by molar-refractivity contribution is 9.10. The molecule has 6 heteroatoms. The van der Waals surface area contributed by atoms with Crippen LogP contribution in [0.3, 0.4) is 0 Å². The van der Waals surface area contributed by atoms with Gasteiger partial charge in [0.05, 0.1) is 10.2 Å². The number of anilines is 1. The number of rotatable bonds is 0. The summed E-state index contributed by atoms with van der Waals surface area (Å²) in [5.74, 6) is -0.313. The van der Waals surface area contributed by atoms with Crippen molar-refractivity contribution in [3.8, 4) is 0 Å². The molecule has 1 aliphatic heterocycles. The molecule has 0 atom stereocenters. The number of benzene rings is 1. The fraction of sp³-hybridized carbons (Fsp3) is 0.200. The van der Waals surface area contributed by atoms with Gasteiger partial charge in [-0.25, -0.2) is 4.39 Å². The normalized spacial score (nSPS) is 13.9. The van der Waals surface area contributed by atoms with Crippen LogP contribution in [0.5, 0.6) is 0 Å². The van der Waals surface area contributed by atoms with Crippen LogP contribution in [0.4, 0.5) is 10.1 Å². The van der Waals surface area contributed by atoms with Crippen molar-refractivity contribution in [3.05, 3.63) is 22.1 Å². The standard InChI is InChI=1S/C10H8BrFN4/c1-16-3-6-5-2-13-4-14-10(5)8(12)7(11)9(6)15-16/h2-3,14H,4H2,1H3. The zero-order valence-corrected chi connectivity index (χ0v) is 10.0. The predicted molar refractivity (Wildman–Crippen MR) is 64.5 cm³/mol. The molecule has 0 unspecified atom stereocenters. The average molecular weight is 283 g/mol. The smallest absolute Gasteiger partial charge is 0.163 e. The molecular weight excluding hydrogens is 275 g/mol. The molecule has 3 rings (SSSR count). The minimum atomic E-state index is -0.313.